The van der Waals surface area contributed by atoms with E-state index in [0.29, 0.717) is 6.54 Å². The van der Waals surface area contributed by atoms with Crippen LogP contribution in [-0.4, -0.2) is 46.5 Å². The second-order valence-electron chi connectivity index (χ2n) is 12.4. The minimum absolute atomic E-state index is 0.202. The molecule has 0 aromatic heterocycles. The van der Waals surface area contributed by atoms with E-state index in [1.807, 2.05) is 65.8 Å². The number of ether oxygens (including phenoxy) is 1. The number of aryl methyl sites for hydroxylation is 1. The van der Waals surface area contributed by atoms with Crippen molar-refractivity contribution in [3.05, 3.63) is 35.4 Å². The number of unbranched alkanes of at least 4 members (excludes halogenated alkanes) is 4. The summed E-state index contributed by atoms with van der Waals surface area (Å²) in [5, 5.41) is 5.86. The van der Waals surface area contributed by atoms with Gasteiger partial charge in [-0.25, -0.2) is 4.79 Å². The van der Waals surface area contributed by atoms with Crippen LogP contribution in [0, 0.1) is 12.8 Å². The predicted octanol–water partition coefficient (Wildman–Crippen LogP) is 6.30. The average Bonchev–Trinajstić information content (AvgIpc) is 2.74. The Morgan fingerprint density at radius 3 is 1.97 bits per heavy atom. The van der Waals surface area contributed by atoms with Crippen LogP contribution < -0.4 is 10.6 Å². The van der Waals surface area contributed by atoms with Gasteiger partial charge in [0.25, 0.3) is 0 Å². The molecule has 37 heavy (non-hydrogen) atoms. The van der Waals surface area contributed by atoms with Crippen LogP contribution in [0.3, 0.4) is 0 Å². The summed E-state index contributed by atoms with van der Waals surface area (Å²) in [5.41, 5.74) is 0.657. The molecule has 0 aliphatic heterocycles. The molecule has 210 valence electrons. The highest BCUT2D eigenvalue weighted by Crippen LogP contribution is 2.26. The Morgan fingerprint density at radius 2 is 1.49 bits per heavy atom. The molecule has 7 heteroatoms. The lowest BCUT2D eigenvalue weighted by molar-refractivity contribution is -0.144. The Kier molecular flexibility index (Phi) is 12.6. The summed E-state index contributed by atoms with van der Waals surface area (Å²) in [7, 11) is 0. The first-order valence-corrected chi connectivity index (χ1v) is 13.7. The molecule has 0 bridgehead atoms. The van der Waals surface area contributed by atoms with Crippen molar-refractivity contribution in [2.75, 3.05) is 6.54 Å². The van der Waals surface area contributed by atoms with Gasteiger partial charge in [-0.05, 0) is 66.4 Å². The molecule has 7 nitrogen and oxygen atoms in total. The number of carbonyl (C=O) groups excluding carboxylic acids is 3. The standard InChI is InChI=1S/C30H51N3O4/c1-11-12-13-14-15-20-33(27(35)24(21(2)3)31-28(36)37-30(8,9)10)25(26(34)32-29(5,6)7)23-18-16-22(4)17-19-23/h16-19,21,24-25H,11-15,20H2,1-10H3,(H,31,36)(H,32,34). The minimum atomic E-state index is -0.833. The van der Waals surface area contributed by atoms with Crippen LogP contribution in [0.15, 0.2) is 24.3 Å². The van der Waals surface area contributed by atoms with Crippen molar-refractivity contribution in [1.82, 2.24) is 15.5 Å². The number of carbonyl (C=O) groups is 3. The molecule has 0 saturated carbocycles. The van der Waals surface area contributed by atoms with Crippen LogP contribution in [0.25, 0.3) is 0 Å². The normalized spacial score (nSPS) is 13.6. The predicted molar refractivity (Wildman–Crippen MR) is 150 cm³/mol. The Labute approximate surface area is 225 Å². The molecular formula is C30H51N3O4. The highest BCUT2D eigenvalue weighted by atomic mass is 16.6. The second-order valence-corrected chi connectivity index (χ2v) is 12.4. The molecule has 0 radical (unpaired) electrons. The van der Waals surface area contributed by atoms with Gasteiger partial charge >= 0.3 is 6.09 Å². The Bertz CT molecular complexity index is 866. The van der Waals surface area contributed by atoms with Crippen LogP contribution >= 0.6 is 0 Å². The Balaban J connectivity index is 3.45. The lowest BCUT2D eigenvalue weighted by atomic mass is 9.97. The number of benzene rings is 1. The van der Waals surface area contributed by atoms with Crippen LogP contribution in [-0.2, 0) is 14.3 Å². The van der Waals surface area contributed by atoms with E-state index in [4.69, 9.17) is 4.74 Å². The lowest BCUT2D eigenvalue weighted by Crippen LogP contribution is -2.56. The van der Waals surface area contributed by atoms with Gasteiger partial charge in [0.15, 0.2) is 0 Å². The lowest BCUT2D eigenvalue weighted by Gasteiger charge is -2.37. The van der Waals surface area contributed by atoms with Crippen molar-refractivity contribution in [2.45, 2.75) is 125 Å². The van der Waals surface area contributed by atoms with Gasteiger partial charge in [0.2, 0.25) is 11.8 Å². The largest absolute Gasteiger partial charge is 0.444 e. The van der Waals surface area contributed by atoms with E-state index < -0.39 is 29.3 Å². The van der Waals surface area contributed by atoms with E-state index in [1.54, 1.807) is 25.7 Å². The molecular weight excluding hydrogens is 466 g/mol. The molecule has 0 aliphatic carbocycles. The van der Waals surface area contributed by atoms with Gasteiger partial charge in [-0.15, -0.1) is 0 Å². The Morgan fingerprint density at radius 1 is 0.919 bits per heavy atom. The van der Waals surface area contributed by atoms with E-state index in [2.05, 4.69) is 17.6 Å². The van der Waals surface area contributed by atoms with Crippen molar-refractivity contribution >= 4 is 17.9 Å². The molecule has 1 aromatic rings. The fourth-order valence-corrected chi connectivity index (χ4v) is 4.04. The van der Waals surface area contributed by atoms with Crippen molar-refractivity contribution in [1.29, 1.82) is 0 Å². The quantitative estimate of drug-likeness (QED) is 0.319. The summed E-state index contributed by atoms with van der Waals surface area (Å²) >= 11 is 0. The fraction of sp³-hybridized carbons (Fsp3) is 0.700. The smallest absolute Gasteiger partial charge is 0.408 e. The number of hydrogen-bond acceptors (Lipinski definition) is 4. The van der Waals surface area contributed by atoms with Gasteiger partial charge in [0.05, 0.1) is 0 Å². The van der Waals surface area contributed by atoms with Crippen LogP contribution in [0.1, 0.15) is 112 Å². The van der Waals surface area contributed by atoms with Gasteiger partial charge in [-0.2, -0.15) is 0 Å². The zero-order valence-electron chi connectivity index (χ0n) is 24.9. The summed E-state index contributed by atoms with van der Waals surface area (Å²) in [4.78, 5) is 42.1. The minimum Gasteiger partial charge on any atom is -0.444 e. The number of nitrogens with zero attached hydrogens (tertiary/aromatic N) is 1. The number of alkyl carbamates (subject to hydrolysis) is 1. The maximum atomic E-state index is 14.1. The van der Waals surface area contributed by atoms with Crippen molar-refractivity contribution in [2.24, 2.45) is 5.92 Å². The van der Waals surface area contributed by atoms with E-state index in [-0.39, 0.29) is 17.7 Å². The highest BCUT2D eigenvalue weighted by Gasteiger charge is 2.38. The first-order chi connectivity index (χ1) is 17.1. The molecule has 2 unspecified atom stereocenters. The molecule has 0 heterocycles. The van der Waals surface area contributed by atoms with Crippen LogP contribution in [0.5, 0.6) is 0 Å². The monoisotopic (exact) mass is 517 g/mol. The topological polar surface area (TPSA) is 87.7 Å². The van der Waals surface area contributed by atoms with Gasteiger partial charge in [0, 0.05) is 12.1 Å². The van der Waals surface area contributed by atoms with E-state index in [1.165, 1.54) is 0 Å². The number of rotatable bonds is 12. The molecule has 2 N–H and O–H groups in total. The van der Waals surface area contributed by atoms with E-state index >= 15 is 0 Å². The maximum absolute atomic E-state index is 14.1. The summed E-state index contributed by atoms with van der Waals surface area (Å²) in [6.45, 7) is 19.5. The molecule has 1 aromatic carbocycles. The third-order valence-electron chi connectivity index (χ3n) is 5.84. The number of nitrogens with one attached hydrogen (secondary N) is 2. The summed E-state index contributed by atoms with van der Waals surface area (Å²) in [6.07, 6.45) is 4.42. The third kappa shape index (κ3) is 12.0. The van der Waals surface area contributed by atoms with Gasteiger partial charge in [-0.1, -0.05) is 76.3 Å². The summed E-state index contributed by atoms with van der Waals surface area (Å²) in [6, 6.07) is 6.07. The Hall–Kier alpha value is -2.57. The first kappa shape index (κ1) is 32.5. The first-order valence-electron chi connectivity index (χ1n) is 13.7. The summed E-state index contributed by atoms with van der Waals surface area (Å²) < 4.78 is 5.45. The molecule has 0 spiro atoms. The maximum Gasteiger partial charge on any atom is 0.408 e. The van der Waals surface area contributed by atoms with E-state index in [0.717, 1.165) is 43.2 Å². The molecule has 0 aliphatic rings. The highest BCUT2D eigenvalue weighted by molar-refractivity contribution is 5.92. The van der Waals surface area contributed by atoms with Gasteiger partial charge in [-0.3, -0.25) is 9.59 Å². The SMILES string of the molecule is CCCCCCCN(C(=O)C(NC(=O)OC(C)(C)C)C(C)C)C(C(=O)NC(C)(C)C)c1ccc(C)cc1. The molecule has 0 saturated heterocycles. The van der Waals surface area contributed by atoms with Crippen molar-refractivity contribution in [3.8, 4) is 0 Å². The zero-order chi connectivity index (χ0) is 28.4. The summed E-state index contributed by atoms with van der Waals surface area (Å²) in [5.74, 6) is -0.726. The molecule has 0 fully saturated rings. The van der Waals surface area contributed by atoms with Gasteiger partial charge in [0.1, 0.15) is 17.7 Å². The van der Waals surface area contributed by atoms with Crippen LogP contribution in [0.4, 0.5) is 4.79 Å². The number of hydrogen-bond donors (Lipinski definition) is 2. The van der Waals surface area contributed by atoms with E-state index in [9.17, 15) is 14.4 Å². The zero-order valence-corrected chi connectivity index (χ0v) is 24.9. The fourth-order valence-electron chi connectivity index (χ4n) is 4.04. The number of amides is 3. The average molecular weight is 518 g/mol. The van der Waals surface area contributed by atoms with Crippen molar-refractivity contribution in [3.63, 3.8) is 0 Å². The molecule has 2 atom stereocenters. The second kappa shape index (κ2) is 14.4. The van der Waals surface area contributed by atoms with Crippen molar-refractivity contribution < 1.29 is 19.1 Å². The molecule has 3 amide bonds. The molecule has 1 rings (SSSR count). The van der Waals surface area contributed by atoms with Gasteiger partial charge < -0.3 is 20.3 Å². The van der Waals surface area contributed by atoms with Crippen LogP contribution in [0.2, 0.25) is 0 Å². The third-order valence-corrected chi connectivity index (χ3v) is 5.84.